The van der Waals surface area contributed by atoms with Gasteiger partial charge >= 0.3 is 0 Å². The smallest absolute Gasteiger partial charge is 0.163 e. The zero-order valence-electron chi connectivity index (χ0n) is 11.5. The molecule has 0 fully saturated rings. The molecule has 0 aliphatic heterocycles. The maximum Gasteiger partial charge on any atom is 0.163 e. The standard InChI is InChI=1S/C17H18O2/c1-12(18)15-11-14(9-10-16(15)19)17(2,3)13-7-5-4-6-8-13/h4-11,19H,1-3H3. The van der Waals surface area contributed by atoms with E-state index in [1.165, 1.54) is 12.5 Å². The van der Waals surface area contributed by atoms with Gasteiger partial charge in [0.15, 0.2) is 5.78 Å². The van der Waals surface area contributed by atoms with E-state index in [0.717, 1.165) is 5.56 Å². The number of carbonyl (C=O) groups excluding carboxylic acids is 1. The van der Waals surface area contributed by atoms with Crippen LogP contribution in [0.4, 0.5) is 0 Å². The Balaban J connectivity index is 2.53. The Labute approximate surface area is 113 Å². The van der Waals surface area contributed by atoms with Gasteiger partial charge in [-0.25, -0.2) is 0 Å². The van der Waals surface area contributed by atoms with E-state index in [1.807, 2.05) is 24.3 Å². The SMILES string of the molecule is CC(=O)c1cc(C(C)(C)c2ccccc2)ccc1O. The number of hydrogen-bond acceptors (Lipinski definition) is 2. The number of phenolic OH excluding ortho intramolecular Hbond substituents is 1. The van der Waals surface area contributed by atoms with Crippen LogP contribution < -0.4 is 0 Å². The van der Waals surface area contributed by atoms with Crippen LogP contribution in [0.15, 0.2) is 48.5 Å². The van der Waals surface area contributed by atoms with E-state index in [4.69, 9.17) is 0 Å². The number of rotatable bonds is 3. The molecule has 0 aliphatic carbocycles. The Bertz CT molecular complexity index is 598. The molecule has 0 heterocycles. The summed E-state index contributed by atoms with van der Waals surface area (Å²) in [7, 11) is 0. The van der Waals surface area contributed by atoms with Gasteiger partial charge < -0.3 is 5.11 Å². The molecule has 0 spiro atoms. The molecule has 0 radical (unpaired) electrons. The average Bonchev–Trinajstić information content (AvgIpc) is 2.39. The Morgan fingerprint density at radius 3 is 2.21 bits per heavy atom. The van der Waals surface area contributed by atoms with Crippen molar-refractivity contribution < 1.29 is 9.90 Å². The summed E-state index contributed by atoms with van der Waals surface area (Å²) in [6, 6.07) is 15.4. The van der Waals surface area contributed by atoms with Gasteiger partial charge in [-0.05, 0) is 30.2 Å². The maximum atomic E-state index is 11.5. The highest BCUT2D eigenvalue weighted by molar-refractivity contribution is 5.96. The van der Waals surface area contributed by atoms with Gasteiger partial charge in [-0.1, -0.05) is 50.2 Å². The predicted octanol–water partition coefficient (Wildman–Crippen LogP) is 3.92. The van der Waals surface area contributed by atoms with Crippen LogP contribution in [0.5, 0.6) is 5.75 Å². The van der Waals surface area contributed by atoms with Crippen molar-refractivity contribution >= 4 is 5.78 Å². The van der Waals surface area contributed by atoms with E-state index < -0.39 is 0 Å². The van der Waals surface area contributed by atoms with Gasteiger partial charge in [0.05, 0.1) is 5.56 Å². The van der Waals surface area contributed by atoms with Gasteiger partial charge in [-0.15, -0.1) is 0 Å². The van der Waals surface area contributed by atoms with Crippen molar-refractivity contribution in [2.75, 3.05) is 0 Å². The topological polar surface area (TPSA) is 37.3 Å². The fourth-order valence-corrected chi connectivity index (χ4v) is 2.23. The Morgan fingerprint density at radius 2 is 1.63 bits per heavy atom. The summed E-state index contributed by atoms with van der Waals surface area (Å²) >= 11 is 0. The molecule has 0 bridgehead atoms. The molecule has 0 saturated heterocycles. The fourth-order valence-electron chi connectivity index (χ4n) is 2.23. The van der Waals surface area contributed by atoms with Crippen molar-refractivity contribution in [2.45, 2.75) is 26.2 Å². The molecule has 2 heteroatoms. The molecule has 0 atom stereocenters. The van der Waals surface area contributed by atoms with Crippen LogP contribution in [0.3, 0.4) is 0 Å². The fraction of sp³-hybridized carbons (Fsp3) is 0.235. The first kappa shape index (κ1) is 13.3. The lowest BCUT2D eigenvalue weighted by molar-refractivity contribution is 0.101. The van der Waals surface area contributed by atoms with Crippen molar-refractivity contribution in [1.29, 1.82) is 0 Å². The monoisotopic (exact) mass is 254 g/mol. The minimum absolute atomic E-state index is 0.0418. The zero-order valence-corrected chi connectivity index (χ0v) is 11.5. The number of Topliss-reactive ketones (excluding diaryl/α,β-unsaturated/α-hetero) is 1. The van der Waals surface area contributed by atoms with Crippen LogP contribution in [-0.4, -0.2) is 10.9 Å². The summed E-state index contributed by atoms with van der Waals surface area (Å²) < 4.78 is 0. The number of phenols is 1. The highest BCUT2D eigenvalue weighted by Gasteiger charge is 2.24. The first-order chi connectivity index (χ1) is 8.93. The molecule has 2 aromatic rings. The van der Waals surface area contributed by atoms with E-state index >= 15 is 0 Å². The molecule has 2 rings (SSSR count). The third kappa shape index (κ3) is 2.53. The van der Waals surface area contributed by atoms with E-state index in [2.05, 4.69) is 26.0 Å². The van der Waals surface area contributed by atoms with E-state index in [1.54, 1.807) is 12.1 Å². The van der Waals surface area contributed by atoms with Gasteiger partial charge in [0, 0.05) is 5.41 Å². The van der Waals surface area contributed by atoms with Crippen molar-refractivity contribution in [3.05, 3.63) is 65.2 Å². The van der Waals surface area contributed by atoms with E-state index in [-0.39, 0.29) is 16.9 Å². The lowest BCUT2D eigenvalue weighted by atomic mass is 9.77. The summed E-state index contributed by atoms with van der Waals surface area (Å²) in [6.07, 6.45) is 0. The molecule has 0 unspecified atom stereocenters. The number of carbonyl (C=O) groups is 1. The van der Waals surface area contributed by atoms with Crippen LogP contribution in [-0.2, 0) is 5.41 Å². The third-order valence-electron chi connectivity index (χ3n) is 3.59. The Morgan fingerprint density at radius 1 is 1.00 bits per heavy atom. The van der Waals surface area contributed by atoms with Crippen LogP contribution in [0.2, 0.25) is 0 Å². The Kier molecular flexibility index (Phi) is 3.43. The summed E-state index contributed by atoms with van der Waals surface area (Å²) in [5, 5.41) is 9.72. The van der Waals surface area contributed by atoms with E-state index in [9.17, 15) is 9.90 Å². The second-order valence-electron chi connectivity index (χ2n) is 5.28. The average molecular weight is 254 g/mol. The molecular formula is C17H18O2. The highest BCUT2D eigenvalue weighted by atomic mass is 16.3. The highest BCUT2D eigenvalue weighted by Crippen LogP contribution is 2.33. The lowest BCUT2D eigenvalue weighted by Crippen LogP contribution is -2.19. The molecular weight excluding hydrogens is 236 g/mol. The minimum Gasteiger partial charge on any atom is -0.507 e. The maximum absolute atomic E-state index is 11.5. The third-order valence-corrected chi connectivity index (χ3v) is 3.59. The van der Waals surface area contributed by atoms with Crippen LogP contribution in [0.25, 0.3) is 0 Å². The number of benzene rings is 2. The van der Waals surface area contributed by atoms with Crippen molar-refractivity contribution in [2.24, 2.45) is 0 Å². The van der Waals surface area contributed by atoms with Crippen molar-refractivity contribution in [3.8, 4) is 5.75 Å². The molecule has 98 valence electrons. The van der Waals surface area contributed by atoms with Gasteiger partial charge in [-0.3, -0.25) is 4.79 Å². The number of ketones is 1. The molecule has 0 aromatic heterocycles. The van der Waals surface area contributed by atoms with Gasteiger partial charge in [0.25, 0.3) is 0 Å². The van der Waals surface area contributed by atoms with Gasteiger partial charge in [-0.2, -0.15) is 0 Å². The Hall–Kier alpha value is -2.09. The van der Waals surface area contributed by atoms with Crippen LogP contribution in [0, 0.1) is 0 Å². The first-order valence-corrected chi connectivity index (χ1v) is 6.33. The van der Waals surface area contributed by atoms with E-state index in [0.29, 0.717) is 5.56 Å². The first-order valence-electron chi connectivity index (χ1n) is 6.33. The second kappa shape index (κ2) is 4.88. The summed E-state index contributed by atoms with van der Waals surface area (Å²) in [4.78, 5) is 11.5. The summed E-state index contributed by atoms with van der Waals surface area (Å²) in [5.74, 6) is -0.0803. The quantitative estimate of drug-likeness (QED) is 0.843. The van der Waals surface area contributed by atoms with Crippen LogP contribution >= 0.6 is 0 Å². The normalized spacial score (nSPS) is 11.3. The minimum atomic E-state index is -0.209. The molecule has 1 N–H and O–H groups in total. The number of aromatic hydroxyl groups is 1. The molecule has 2 aromatic carbocycles. The van der Waals surface area contributed by atoms with Crippen LogP contribution in [0.1, 0.15) is 42.3 Å². The second-order valence-corrected chi connectivity index (χ2v) is 5.28. The van der Waals surface area contributed by atoms with Crippen molar-refractivity contribution in [1.82, 2.24) is 0 Å². The lowest BCUT2D eigenvalue weighted by Gasteiger charge is -2.26. The molecule has 0 amide bonds. The largest absolute Gasteiger partial charge is 0.507 e. The summed E-state index contributed by atoms with van der Waals surface area (Å²) in [5.41, 5.74) is 2.36. The predicted molar refractivity (Wildman–Crippen MR) is 76.7 cm³/mol. The number of hydrogen-bond donors (Lipinski definition) is 1. The molecule has 0 aliphatic rings. The summed E-state index contributed by atoms with van der Waals surface area (Å²) in [6.45, 7) is 5.69. The zero-order chi connectivity index (χ0) is 14.0. The molecule has 0 saturated carbocycles. The van der Waals surface area contributed by atoms with Gasteiger partial charge in [0.1, 0.15) is 5.75 Å². The molecule has 19 heavy (non-hydrogen) atoms. The van der Waals surface area contributed by atoms with Crippen molar-refractivity contribution in [3.63, 3.8) is 0 Å². The molecule has 2 nitrogen and oxygen atoms in total. The van der Waals surface area contributed by atoms with Gasteiger partial charge in [0.2, 0.25) is 0 Å².